The molecule has 7 heteroatoms. The van der Waals surface area contributed by atoms with E-state index in [1.54, 1.807) is 6.92 Å². The summed E-state index contributed by atoms with van der Waals surface area (Å²) in [5.74, 6) is -0.860. The number of carbonyl (C=O) groups is 1. The molecule has 0 aliphatic heterocycles. The zero-order valence-electron chi connectivity index (χ0n) is 10.3. The molecule has 0 unspecified atom stereocenters. The quantitative estimate of drug-likeness (QED) is 0.914. The first-order valence-electron chi connectivity index (χ1n) is 5.85. The standard InChI is InChI=1S/C12H13F3N2O2/c1-7-4-10(18)9(5-16-7)11(19)17(8-2-3-8)6-12(13,14)15/h4-5,8H,2-3,6H2,1H3,(H,16,18). The third-order valence-electron chi connectivity index (χ3n) is 2.89. The summed E-state index contributed by atoms with van der Waals surface area (Å²) in [6, 6.07) is 0.793. The van der Waals surface area contributed by atoms with E-state index in [0.29, 0.717) is 18.5 Å². The maximum atomic E-state index is 12.5. The Bertz CT molecular complexity index is 547. The van der Waals surface area contributed by atoms with E-state index in [9.17, 15) is 22.8 Å². The molecule has 1 N–H and O–H groups in total. The van der Waals surface area contributed by atoms with Crippen LogP contribution in [0.4, 0.5) is 13.2 Å². The Morgan fingerprint density at radius 3 is 2.58 bits per heavy atom. The zero-order valence-corrected chi connectivity index (χ0v) is 10.3. The SMILES string of the molecule is Cc1cc(=O)c(C(=O)N(CC(F)(F)F)C2CC2)c[nH]1. The largest absolute Gasteiger partial charge is 0.406 e. The van der Waals surface area contributed by atoms with Gasteiger partial charge in [0, 0.05) is 24.0 Å². The van der Waals surface area contributed by atoms with Crippen molar-refractivity contribution in [3.63, 3.8) is 0 Å². The van der Waals surface area contributed by atoms with Gasteiger partial charge in [-0.1, -0.05) is 0 Å². The Morgan fingerprint density at radius 2 is 2.11 bits per heavy atom. The molecule has 1 fully saturated rings. The Balaban J connectivity index is 2.27. The minimum atomic E-state index is -4.46. The number of aromatic amines is 1. The summed E-state index contributed by atoms with van der Waals surface area (Å²) >= 11 is 0. The molecule has 0 atom stereocenters. The van der Waals surface area contributed by atoms with Gasteiger partial charge in [0.05, 0.1) is 0 Å². The van der Waals surface area contributed by atoms with E-state index in [0.717, 1.165) is 4.90 Å². The van der Waals surface area contributed by atoms with Gasteiger partial charge in [-0.15, -0.1) is 0 Å². The van der Waals surface area contributed by atoms with E-state index in [2.05, 4.69) is 4.98 Å². The molecule has 0 bridgehead atoms. The average molecular weight is 274 g/mol. The van der Waals surface area contributed by atoms with E-state index >= 15 is 0 Å². The molecule has 1 amide bonds. The van der Waals surface area contributed by atoms with Crippen LogP contribution in [0.3, 0.4) is 0 Å². The number of aryl methyl sites for hydroxylation is 1. The van der Waals surface area contributed by atoms with E-state index in [1.165, 1.54) is 12.3 Å². The smallest absolute Gasteiger partial charge is 0.364 e. The van der Waals surface area contributed by atoms with Gasteiger partial charge in [-0.25, -0.2) is 0 Å². The molecule has 0 radical (unpaired) electrons. The maximum Gasteiger partial charge on any atom is 0.406 e. The zero-order chi connectivity index (χ0) is 14.2. The lowest BCUT2D eigenvalue weighted by Gasteiger charge is -2.23. The third-order valence-corrected chi connectivity index (χ3v) is 2.89. The lowest BCUT2D eigenvalue weighted by molar-refractivity contribution is -0.141. The Hall–Kier alpha value is -1.79. The molecule has 1 heterocycles. The predicted molar refractivity (Wildman–Crippen MR) is 61.9 cm³/mol. The highest BCUT2D eigenvalue weighted by Crippen LogP contribution is 2.30. The molecule has 0 spiro atoms. The van der Waals surface area contributed by atoms with Gasteiger partial charge in [-0.05, 0) is 19.8 Å². The summed E-state index contributed by atoms with van der Waals surface area (Å²) in [6.07, 6.45) is -2.20. The molecule has 1 aliphatic carbocycles. The van der Waals surface area contributed by atoms with Crippen LogP contribution in [0.5, 0.6) is 0 Å². The Labute approximate surface area is 107 Å². The molecule has 1 aliphatic rings. The van der Waals surface area contributed by atoms with Gasteiger partial charge < -0.3 is 9.88 Å². The molecule has 0 saturated heterocycles. The number of amides is 1. The van der Waals surface area contributed by atoms with Crippen molar-refractivity contribution in [2.24, 2.45) is 0 Å². The summed E-state index contributed by atoms with van der Waals surface area (Å²) in [4.78, 5) is 27.1. The summed E-state index contributed by atoms with van der Waals surface area (Å²) in [6.45, 7) is 0.313. The summed E-state index contributed by atoms with van der Waals surface area (Å²) in [5.41, 5.74) is -0.258. The number of hydrogen-bond donors (Lipinski definition) is 1. The lowest BCUT2D eigenvalue weighted by atomic mass is 10.2. The monoisotopic (exact) mass is 274 g/mol. The molecule has 104 valence electrons. The second-order valence-electron chi connectivity index (χ2n) is 4.67. The number of hydrogen-bond acceptors (Lipinski definition) is 2. The van der Waals surface area contributed by atoms with Crippen molar-refractivity contribution in [2.75, 3.05) is 6.54 Å². The van der Waals surface area contributed by atoms with Crippen molar-refractivity contribution in [1.29, 1.82) is 0 Å². The Kier molecular flexibility index (Phi) is 3.38. The van der Waals surface area contributed by atoms with Gasteiger partial charge >= 0.3 is 6.18 Å². The number of carbonyl (C=O) groups excluding carboxylic acids is 1. The van der Waals surface area contributed by atoms with E-state index in [1.807, 2.05) is 0 Å². The van der Waals surface area contributed by atoms with Gasteiger partial charge in [0.15, 0.2) is 5.43 Å². The van der Waals surface area contributed by atoms with Gasteiger partial charge in [-0.2, -0.15) is 13.2 Å². The molecule has 1 saturated carbocycles. The van der Waals surface area contributed by atoms with Gasteiger partial charge in [0.2, 0.25) is 0 Å². The first kappa shape index (κ1) is 13.6. The van der Waals surface area contributed by atoms with Crippen LogP contribution in [-0.4, -0.2) is 34.6 Å². The number of alkyl halides is 3. The molecule has 4 nitrogen and oxygen atoms in total. The summed E-state index contributed by atoms with van der Waals surface area (Å²) in [7, 11) is 0. The number of pyridine rings is 1. The minimum Gasteiger partial charge on any atom is -0.364 e. The minimum absolute atomic E-state index is 0.248. The van der Waals surface area contributed by atoms with Gasteiger partial charge in [0.1, 0.15) is 12.1 Å². The van der Waals surface area contributed by atoms with Crippen molar-refractivity contribution in [1.82, 2.24) is 9.88 Å². The molecule has 0 aromatic carbocycles. The molecule has 1 aromatic rings. The number of rotatable bonds is 3. The number of aromatic nitrogens is 1. The van der Waals surface area contributed by atoms with Crippen LogP contribution < -0.4 is 5.43 Å². The van der Waals surface area contributed by atoms with Crippen LogP contribution in [0, 0.1) is 6.92 Å². The normalized spacial score (nSPS) is 15.4. The molecular weight excluding hydrogens is 261 g/mol. The van der Waals surface area contributed by atoms with Gasteiger partial charge in [-0.3, -0.25) is 9.59 Å². The Morgan fingerprint density at radius 1 is 1.47 bits per heavy atom. The summed E-state index contributed by atoms with van der Waals surface area (Å²) in [5, 5.41) is 0. The highest BCUT2D eigenvalue weighted by Gasteiger charge is 2.41. The second-order valence-corrected chi connectivity index (χ2v) is 4.67. The number of nitrogens with zero attached hydrogens (tertiary/aromatic N) is 1. The van der Waals surface area contributed by atoms with Crippen molar-refractivity contribution in [3.05, 3.63) is 33.7 Å². The van der Waals surface area contributed by atoms with Crippen LogP contribution in [0.1, 0.15) is 28.9 Å². The van der Waals surface area contributed by atoms with Crippen molar-refractivity contribution in [2.45, 2.75) is 32.0 Å². The van der Waals surface area contributed by atoms with Crippen molar-refractivity contribution >= 4 is 5.91 Å². The van der Waals surface area contributed by atoms with Crippen LogP contribution in [0.25, 0.3) is 0 Å². The van der Waals surface area contributed by atoms with E-state index in [4.69, 9.17) is 0 Å². The van der Waals surface area contributed by atoms with Crippen LogP contribution in [0.15, 0.2) is 17.1 Å². The van der Waals surface area contributed by atoms with Crippen LogP contribution in [-0.2, 0) is 0 Å². The second kappa shape index (κ2) is 4.71. The maximum absolute atomic E-state index is 12.5. The number of nitrogens with one attached hydrogen (secondary N) is 1. The molecule has 2 rings (SSSR count). The van der Waals surface area contributed by atoms with Gasteiger partial charge in [0.25, 0.3) is 5.91 Å². The predicted octanol–water partition coefficient (Wildman–Crippen LogP) is 1.85. The number of halogens is 3. The first-order valence-corrected chi connectivity index (χ1v) is 5.85. The highest BCUT2D eigenvalue weighted by atomic mass is 19.4. The lowest BCUT2D eigenvalue weighted by Crippen LogP contribution is -2.42. The third kappa shape index (κ3) is 3.36. The fraction of sp³-hybridized carbons (Fsp3) is 0.500. The first-order chi connectivity index (χ1) is 8.78. The van der Waals surface area contributed by atoms with Crippen LogP contribution in [0.2, 0.25) is 0 Å². The highest BCUT2D eigenvalue weighted by molar-refractivity contribution is 5.94. The molecule has 1 aromatic heterocycles. The fourth-order valence-electron chi connectivity index (χ4n) is 1.84. The fourth-order valence-corrected chi connectivity index (χ4v) is 1.84. The topological polar surface area (TPSA) is 53.2 Å². The molecule has 19 heavy (non-hydrogen) atoms. The van der Waals surface area contributed by atoms with E-state index in [-0.39, 0.29) is 5.56 Å². The van der Waals surface area contributed by atoms with E-state index < -0.39 is 30.1 Å². The van der Waals surface area contributed by atoms with Crippen molar-refractivity contribution < 1.29 is 18.0 Å². The van der Waals surface area contributed by atoms with Crippen molar-refractivity contribution in [3.8, 4) is 0 Å². The molecular formula is C12H13F3N2O2. The average Bonchev–Trinajstić information content (AvgIpc) is 3.07. The van der Waals surface area contributed by atoms with Crippen LogP contribution >= 0.6 is 0 Å². The summed E-state index contributed by atoms with van der Waals surface area (Å²) < 4.78 is 37.4. The number of H-pyrrole nitrogens is 1.